The molecule has 2 rings (SSSR count). The van der Waals surface area contributed by atoms with Gasteiger partial charge in [0.1, 0.15) is 17.2 Å². The van der Waals surface area contributed by atoms with Crippen molar-refractivity contribution in [3.63, 3.8) is 0 Å². The Morgan fingerprint density at radius 3 is 1.58 bits per heavy atom. The Labute approximate surface area is 118 Å². The lowest BCUT2D eigenvalue weighted by Crippen LogP contribution is -1.90. The molecular formula is C16H17ClO2. The Bertz CT molecular complexity index is 531. The summed E-state index contributed by atoms with van der Waals surface area (Å²) >= 11 is 6.14. The normalized spacial score (nSPS) is 10.6. The van der Waals surface area contributed by atoms with Crippen molar-refractivity contribution in [2.75, 3.05) is 0 Å². The Hall–Kier alpha value is -1.67. The van der Waals surface area contributed by atoms with Crippen LogP contribution in [0.1, 0.15) is 22.3 Å². The first-order valence-electron chi connectivity index (χ1n) is 6.13. The van der Waals surface area contributed by atoms with E-state index in [4.69, 9.17) is 16.3 Å². The molecule has 0 aromatic heterocycles. The highest BCUT2D eigenvalue weighted by Gasteiger charge is 2.07. The molecule has 0 amide bonds. The van der Waals surface area contributed by atoms with Gasteiger partial charge in [0.2, 0.25) is 0 Å². The topological polar surface area (TPSA) is 29.5 Å². The highest BCUT2D eigenvalue weighted by molar-refractivity contribution is 6.32. The molecular weight excluding hydrogens is 260 g/mol. The number of hydrogen-bond acceptors (Lipinski definition) is 2. The summed E-state index contributed by atoms with van der Waals surface area (Å²) in [7, 11) is 0. The second kappa shape index (κ2) is 5.14. The molecule has 0 spiro atoms. The third-order valence-electron chi connectivity index (χ3n) is 3.11. The van der Waals surface area contributed by atoms with E-state index in [9.17, 15) is 5.11 Å². The molecule has 2 nitrogen and oxygen atoms in total. The molecule has 3 heteroatoms. The molecule has 100 valence electrons. The van der Waals surface area contributed by atoms with Crippen LogP contribution in [-0.2, 0) is 0 Å². The van der Waals surface area contributed by atoms with E-state index in [1.54, 1.807) is 0 Å². The van der Waals surface area contributed by atoms with E-state index in [1.807, 2.05) is 52.0 Å². The van der Waals surface area contributed by atoms with E-state index in [-0.39, 0.29) is 0 Å². The van der Waals surface area contributed by atoms with Crippen LogP contribution in [0.15, 0.2) is 24.3 Å². The summed E-state index contributed by atoms with van der Waals surface area (Å²) in [6, 6.07) is 7.46. The summed E-state index contributed by atoms with van der Waals surface area (Å²) in [6.07, 6.45) is 0. The van der Waals surface area contributed by atoms with Gasteiger partial charge in [0.25, 0.3) is 0 Å². The summed E-state index contributed by atoms with van der Waals surface area (Å²) in [5.41, 5.74) is 3.59. The Morgan fingerprint density at radius 1 is 0.789 bits per heavy atom. The fourth-order valence-corrected chi connectivity index (χ4v) is 2.19. The van der Waals surface area contributed by atoms with Crippen LogP contribution in [0, 0.1) is 27.7 Å². The predicted molar refractivity (Wildman–Crippen MR) is 78.6 cm³/mol. The predicted octanol–water partition coefficient (Wildman–Crippen LogP) is 5.07. The maximum atomic E-state index is 9.75. The molecule has 0 bridgehead atoms. The van der Waals surface area contributed by atoms with Crippen LogP contribution in [0.3, 0.4) is 0 Å². The van der Waals surface area contributed by atoms with Gasteiger partial charge in [-0.2, -0.15) is 0 Å². The summed E-state index contributed by atoms with van der Waals surface area (Å²) < 4.78 is 5.84. The van der Waals surface area contributed by atoms with Crippen LogP contribution in [0.2, 0.25) is 5.02 Å². The highest BCUT2D eigenvalue weighted by atomic mass is 35.5. The van der Waals surface area contributed by atoms with E-state index in [1.165, 1.54) is 0 Å². The Kier molecular flexibility index (Phi) is 3.72. The summed E-state index contributed by atoms with van der Waals surface area (Å²) in [4.78, 5) is 0. The third kappa shape index (κ3) is 2.85. The molecule has 0 radical (unpaired) electrons. The van der Waals surface area contributed by atoms with Crippen molar-refractivity contribution in [2.24, 2.45) is 0 Å². The smallest absolute Gasteiger partial charge is 0.128 e. The van der Waals surface area contributed by atoms with E-state index >= 15 is 0 Å². The van der Waals surface area contributed by atoms with Crippen LogP contribution in [0.25, 0.3) is 0 Å². The summed E-state index contributed by atoms with van der Waals surface area (Å²) in [6.45, 7) is 7.62. The Morgan fingerprint density at radius 2 is 1.16 bits per heavy atom. The van der Waals surface area contributed by atoms with Gasteiger partial charge in [0, 0.05) is 5.02 Å². The first kappa shape index (κ1) is 13.8. The number of benzene rings is 2. The number of ether oxygens (including phenoxy) is 1. The molecule has 0 saturated carbocycles. The van der Waals surface area contributed by atoms with Crippen molar-refractivity contribution in [3.05, 3.63) is 51.5 Å². The summed E-state index contributed by atoms with van der Waals surface area (Å²) in [5, 5.41) is 10.5. The molecule has 0 unspecified atom stereocenters. The van der Waals surface area contributed by atoms with Crippen molar-refractivity contribution >= 4 is 11.6 Å². The number of halogens is 1. The van der Waals surface area contributed by atoms with Crippen molar-refractivity contribution < 1.29 is 9.84 Å². The molecule has 0 aliphatic rings. The van der Waals surface area contributed by atoms with Crippen molar-refractivity contribution in [1.29, 1.82) is 0 Å². The molecule has 2 aromatic carbocycles. The van der Waals surface area contributed by atoms with Gasteiger partial charge >= 0.3 is 0 Å². The zero-order valence-corrected chi connectivity index (χ0v) is 12.3. The zero-order valence-electron chi connectivity index (χ0n) is 11.5. The third-order valence-corrected chi connectivity index (χ3v) is 3.71. The number of hydrogen-bond donors (Lipinski definition) is 1. The van der Waals surface area contributed by atoms with E-state index in [0.29, 0.717) is 11.5 Å². The van der Waals surface area contributed by atoms with Crippen LogP contribution in [0.5, 0.6) is 17.2 Å². The minimum atomic E-state index is 0.316. The molecule has 0 fully saturated rings. The maximum absolute atomic E-state index is 9.75. The average Bonchev–Trinajstić information content (AvgIpc) is 2.33. The monoisotopic (exact) mass is 276 g/mol. The van der Waals surface area contributed by atoms with Gasteiger partial charge in [-0.05, 0) is 74.2 Å². The highest BCUT2D eigenvalue weighted by Crippen LogP contribution is 2.32. The van der Waals surface area contributed by atoms with Crippen LogP contribution in [0.4, 0.5) is 0 Å². The molecule has 0 aliphatic heterocycles. The molecule has 0 aliphatic carbocycles. The lowest BCUT2D eigenvalue weighted by molar-refractivity contribution is 0.456. The van der Waals surface area contributed by atoms with Crippen molar-refractivity contribution in [2.45, 2.75) is 27.7 Å². The first-order chi connectivity index (χ1) is 8.88. The van der Waals surface area contributed by atoms with E-state index in [2.05, 4.69) is 0 Å². The lowest BCUT2D eigenvalue weighted by Gasteiger charge is -2.12. The van der Waals surface area contributed by atoms with Crippen LogP contribution < -0.4 is 4.74 Å². The van der Waals surface area contributed by atoms with Gasteiger partial charge in [-0.1, -0.05) is 11.6 Å². The van der Waals surface area contributed by atoms with Gasteiger partial charge in [-0.25, -0.2) is 0 Å². The van der Waals surface area contributed by atoms with Gasteiger partial charge in [-0.15, -0.1) is 0 Å². The second-order valence-electron chi connectivity index (χ2n) is 4.88. The minimum Gasteiger partial charge on any atom is -0.507 e. The quantitative estimate of drug-likeness (QED) is 0.829. The van der Waals surface area contributed by atoms with Gasteiger partial charge in [0.05, 0.1) is 0 Å². The molecule has 2 aromatic rings. The van der Waals surface area contributed by atoms with Crippen molar-refractivity contribution in [1.82, 2.24) is 0 Å². The SMILES string of the molecule is Cc1cc(Oc2cc(C)c(Cl)c(C)c2)cc(C)c1O. The Balaban J connectivity index is 2.36. The number of aromatic hydroxyl groups is 1. The van der Waals surface area contributed by atoms with Crippen molar-refractivity contribution in [3.8, 4) is 17.2 Å². The summed E-state index contributed by atoms with van der Waals surface area (Å²) in [5.74, 6) is 1.79. The number of phenols is 1. The minimum absolute atomic E-state index is 0.316. The van der Waals surface area contributed by atoms with Crippen LogP contribution >= 0.6 is 11.6 Å². The maximum Gasteiger partial charge on any atom is 0.128 e. The standard InChI is InChI=1S/C16H17ClO2/c1-9-5-13(6-10(2)15(9)17)19-14-7-11(3)16(18)12(4)8-14/h5-8,18H,1-4H3. The molecule has 19 heavy (non-hydrogen) atoms. The zero-order chi connectivity index (χ0) is 14.2. The van der Waals surface area contributed by atoms with E-state index < -0.39 is 0 Å². The number of phenolic OH excluding ortho intramolecular Hbond substituents is 1. The average molecular weight is 277 g/mol. The molecule has 0 heterocycles. The van der Waals surface area contributed by atoms with Crippen LogP contribution in [-0.4, -0.2) is 5.11 Å². The number of aryl methyl sites for hydroxylation is 4. The molecule has 1 N–H and O–H groups in total. The fraction of sp³-hybridized carbons (Fsp3) is 0.250. The van der Waals surface area contributed by atoms with Gasteiger partial charge in [-0.3, -0.25) is 0 Å². The van der Waals surface area contributed by atoms with E-state index in [0.717, 1.165) is 33.0 Å². The molecule has 0 atom stereocenters. The fourth-order valence-electron chi connectivity index (χ4n) is 2.08. The lowest BCUT2D eigenvalue weighted by atomic mass is 10.1. The number of rotatable bonds is 2. The largest absolute Gasteiger partial charge is 0.507 e. The first-order valence-corrected chi connectivity index (χ1v) is 6.51. The molecule has 0 saturated heterocycles. The second-order valence-corrected chi connectivity index (χ2v) is 5.26. The van der Waals surface area contributed by atoms with Gasteiger partial charge < -0.3 is 9.84 Å². The van der Waals surface area contributed by atoms with Gasteiger partial charge in [0.15, 0.2) is 0 Å².